The molecular weight excluding hydrogens is 352 g/mol. The molecule has 0 radical (unpaired) electrons. The Bertz CT molecular complexity index is 589. The first-order chi connectivity index (χ1) is 10.2. The van der Waals surface area contributed by atoms with Crippen LogP contribution < -0.4 is 20.7 Å². The average Bonchev–Trinajstić information content (AvgIpc) is 2.89. The summed E-state index contributed by atoms with van der Waals surface area (Å²) in [6.07, 6.45) is 0. The molecule has 1 aromatic heterocycles. The molecule has 2 rings (SSSR count). The first-order valence-electron chi connectivity index (χ1n) is 6.79. The minimum atomic E-state index is -0.0730. The van der Waals surface area contributed by atoms with Crippen LogP contribution in [0.5, 0.6) is 11.5 Å². The van der Waals surface area contributed by atoms with Gasteiger partial charge in [0.05, 0.1) is 19.3 Å². The van der Waals surface area contributed by atoms with Gasteiger partial charge in [-0.15, -0.1) is 11.3 Å². The zero-order chi connectivity index (χ0) is 15.2. The molecule has 1 unspecified atom stereocenters. The maximum absolute atomic E-state index is 5.74. The van der Waals surface area contributed by atoms with Crippen LogP contribution in [0.4, 0.5) is 0 Å². The summed E-state index contributed by atoms with van der Waals surface area (Å²) in [4.78, 5) is 1.14. The molecule has 0 bridgehead atoms. The van der Waals surface area contributed by atoms with Crippen molar-refractivity contribution in [2.24, 2.45) is 5.84 Å². The van der Waals surface area contributed by atoms with Crippen molar-refractivity contribution in [2.75, 3.05) is 13.2 Å². The van der Waals surface area contributed by atoms with Crippen molar-refractivity contribution in [2.45, 2.75) is 19.9 Å². The van der Waals surface area contributed by atoms with E-state index in [1.165, 1.54) is 0 Å². The van der Waals surface area contributed by atoms with Crippen LogP contribution in [0, 0.1) is 0 Å². The van der Waals surface area contributed by atoms with Crippen LogP contribution in [-0.2, 0) is 0 Å². The average molecular weight is 371 g/mol. The third-order valence-corrected chi connectivity index (χ3v) is 4.70. The van der Waals surface area contributed by atoms with Gasteiger partial charge in [0.2, 0.25) is 0 Å². The van der Waals surface area contributed by atoms with Crippen LogP contribution in [0.2, 0.25) is 0 Å². The number of halogens is 1. The Morgan fingerprint density at radius 2 is 1.90 bits per heavy atom. The van der Waals surface area contributed by atoms with Gasteiger partial charge in [0.15, 0.2) is 11.5 Å². The molecule has 4 nitrogen and oxygen atoms in total. The predicted molar refractivity (Wildman–Crippen MR) is 90.0 cm³/mol. The Kier molecular flexibility index (Phi) is 6.05. The summed E-state index contributed by atoms with van der Waals surface area (Å²) in [5, 5.41) is 2.04. The van der Waals surface area contributed by atoms with Crippen LogP contribution in [0.15, 0.2) is 34.1 Å². The van der Waals surface area contributed by atoms with E-state index in [4.69, 9.17) is 15.3 Å². The highest BCUT2D eigenvalue weighted by molar-refractivity contribution is 9.10. The fourth-order valence-electron chi connectivity index (χ4n) is 2.07. The van der Waals surface area contributed by atoms with Gasteiger partial charge in [-0.05, 0) is 53.5 Å². The molecule has 1 aromatic carbocycles. The quantitative estimate of drug-likeness (QED) is 0.573. The van der Waals surface area contributed by atoms with Crippen molar-refractivity contribution in [1.82, 2.24) is 5.43 Å². The zero-order valence-electron chi connectivity index (χ0n) is 12.1. The molecule has 1 atom stereocenters. The molecule has 0 spiro atoms. The molecular formula is C15H19BrN2O2S. The minimum absolute atomic E-state index is 0.0730. The maximum Gasteiger partial charge on any atom is 0.161 e. The van der Waals surface area contributed by atoms with Gasteiger partial charge in [0.1, 0.15) is 0 Å². The lowest BCUT2D eigenvalue weighted by Gasteiger charge is -2.18. The predicted octanol–water partition coefficient (Wildman–Crippen LogP) is 3.86. The summed E-state index contributed by atoms with van der Waals surface area (Å²) in [5.41, 5.74) is 3.90. The van der Waals surface area contributed by atoms with Gasteiger partial charge in [-0.25, -0.2) is 5.43 Å². The van der Waals surface area contributed by atoms with Crippen LogP contribution >= 0.6 is 27.3 Å². The zero-order valence-corrected chi connectivity index (χ0v) is 14.5. The molecule has 0 aliphatic carbocycles. The Morgan fingerprint density at radius 1 is 1.19 bits per heavy atom. The minimum Gasteiger partial charge on any atom is -0.490 e. The first kappa shape index (κ1) is 16.3. The van der Waals surface area contributed by atoms with Gasteiger partial charge >= 0.3 is 0 Å². The number of hydrogen-bond acceptors (Lipinski definition) is 5. The molecule has 1 heterocycles. The van der Waals surface area contributed by atoms with Gasteiger partial charge in [-0.2, -0.15) is 0 Å². The summed E-state index contributed by atoms with van der Waals surface area (Å²) >= 11 is 5.12. The molecule has 0 saturated carbocycles. The molecule has 0 saturated heterocycles. The number of benzene rings is 1. The normalized spacial score (nSPS) is 12.2. The van der Waals surface area contributed by atoms with Crippen LogP contribution in [0.25, 0.3) is 0 Å². The highest BCUT2D eigenvalue weighted by Gasteiger charge is 2.17. The molecule has 114 valence electrons. The number of thiophene rings is 1. The van der Waals surface area contributed by atoms with Crippen molar-refractivity contribution in [3.63, 3.8) is 0 Å². The molecule has 0 aliphatic rings. The molecule has 0 fully saturated rings. The van der Waals surface area contributed by atoms with E-state index in [9.17, 15) is 0 Å². The maximum atomic E-state index is 5.74. The van der Waals surface area contributed by atoms with Crippen molar-refractivity contribution in [3.05, 3.63) is 44.6 Å². The van der Waals surface area contributed by atoms with Gasteiger partial charge in [0, 0.05) is 14.7 Å². The molecule has 2 aromatic rings. The summed E-state index contributed by atoms with van der Waals surface area (Å²) in [5.74, 6) is 7.24. The summed E-state index contributed by atoms with van der Waals surface area (Å²) in [6.45, 7) is 5.11. The van der Waals surface area contributed by atoms with Crippen molar-refractivity contribution in [3.8, 4) is 11.5 Å². The lowest BCUT2D eigenvalue weighted by atomic mass is 10.1. The third kappa shape index (κ3) is 3.97. The lowest BCUT2D eigenvalue weighted by Crippen LogP contribution is -2.28. The second kappa shape index (κ2) is 7.79. The number of hydrogen-bond donors (Lipinski definition) is 2. The monoisotopic (exact) mass is 370 g/mol. The van der Waals surface area contributed by atoms with Crippen molar-refractivity contribution in [1.29, 1.82) is 0 Å². The number of rotatable bonds is 7. The number of nitrogens with two attached hydrogens (primary N) is 1. The van der Waals surface area contributed by atoms with E-state index in [0.29, 0.717) is 13.2 Å². The second-order valence-corrected chi connectivity index (χ2v) is 6.20. The van der Waals surface area contributed by atoms with Gasteiger partial charge in [-0.3, -0.25) is 5.84 Å². The summed E-state index contributed by atoms with van der Waals surface area (Å²) < 4.78 is 12.3. The van der Waals surface area contributed by atoms with Gasteiger partial charge in [-0.1, -0.05) is 6.07 Å². The third-order valence-electron chi connectivity index (χ3n) is 2.94. The van der Waals surface area contributed by atoms with Gasteiger partial charge in [0.25, 0.3) is 0 Å². The Hall–Kier alpha value is -1.08. The number of ether oxygens (including phenoxy) is 2. The van der Waals surface area contributed by atoms with Crippen molar-refractivity contribution >= 4 is 27.3 Å². The molecule has 3 N–H and O–H groups in total. The van der Waals surface area contributed by atoms with E-state index < -0.39 is 0 Å². The number of hydrazine groups is 1. The Morgan fingerprint density at radius 3 is 2.48 bits per heavy atom. The topological polar surface area (TPSA) is 56.5 Å². The fourth-order valence-corrected chi connectivity index (χ4v) is 3.60. The summed E-state index contributed by atoms with van der Waals surface area (Å²) in [7, 11) is 0. The van der Waals surface area contributed by atoms with Crippen LogP contribution in [-0.4, -0.2) is 13.2 Å². The van der Waals surface area contributed by atoms with E-state index in [2.05, 4.69) is 27.4 Å². The van der Waals surface area contributed by atoms with Crippen LogP contribution in [0.3, 0.4) is 0 Å². The van der Waals surface area contributed by atoms with E-state index >= 15 is 0 Å². The summed E-state index contributed by atoms with van der Waals surface area (Å²) in [6, 6.07) is 7.90. The number of nitrogens with one attached hydrogen (secondary N) is 1. The van der Waals surface area contributed by atoms with E-state index in [1.54, 1.807) is 11.3 Å². The fraction of sp³-hybridized carbons (Fsp3) is 0.333. The van der Waals surface area contributed by atoms with Crippen LogP contribution in [0.1, 0.15) is 30.3 Å². The highest BCUT2D eigenvalue weighted by atomic mass is 79.9. The largest absolute Gasteiger partial charge is 0.490 e. The van der Waals surface area contributed by atoms with Gasteiger partial charge < -0.3 is 9.47 Å². The molecule has 0 amide bonds. The standard InChI is InChI=1S/C15H19BrN2O2S/c1-3-19-12-6-5-10(7-13(12)20-4-2)15(18-17)14-8-11(16)9-21-14/h5-9,15,18H,3-4,17H2,1-2H3. The van der Waals surface area contributed by atoms with E-state index in [-0.39, 0.29) is 6.04 Å². The highest BCUT2D eigenvalue weighted by Crippen LogP contribution is 2.35. The van der Waals surface area contributed by atoms with E-state index in [0.717, 1.165) is 26.4 Å². The first-order valence-corrected chi connectivity index (χ1v) is 8.46. The molecule has 0 aliphatic heterocycles. The SMILES string of the molecule is CCOc1ccc(C(NN)c2cc(Br)cs2)cc1OCC. The second-order valence-electron chi connectivity index (χ2n) is 4.34. The Balaban J connectivity index is 2.35. The van der Waals surface area contributed by atoms with E-state index in [1.807, 2.05) is 37.4 Å². The smallest absolute Gasteiger partial charge is 0.161 e. The Labute approximate surface area is 137 Å². The molecule has 21 heavy (non-hydrogen) atoms. The lowest BCUT2D eigenvalue weighted by molar-refractivity contribution is 0.287. The molecule has 6 heteroatoms. The van der Waals surface area contributed by atoms with Crippen molar-refractivity contribution < 1.29 is 9.47 Å².